The van der Waals surface area contributed by atoms with Crippen LogP contribution in [0.3, 0.4) is 0 Å². The third-order valence-corrected chi connectivity index (χ3v) is 3.57. The van der Waals surface area contributed by atoms with Crippen LogP contribution in [0.5, 0.6) is 0 Å². The summed E-state index contributed by atoms with van der Waals surface area (Å²) in [6.45, 7) is 5.72. The molecule has 0 amide bonds. The van der Waals surface area contributed by atoms with E-state index in [4.69, 9.17) is 5.73 Å². The molecule has 0 saturated heterocycles. The maximum absolute atomic E-state index is 9.30. The van der Waals surface area contributed by atoms with Gasteiger partial charge < -0.3 is 20.5 Å². The molecule has 14 heavy (non-hydrogen) atoms. The smallest absolute Gasteiger partial charge is 0.198 e. The van der Waals surface area contributed by atoms with Crippen LogP contribution in [0.1, 0.15) is 13.3 Å². The normalized spacial score (nSPS) is 13.5. The minimum absolute atomic E-state index is 0. The van der Waals surface area contributed by atoms with E-state index in [1.165, 1.54) is 0 Å². The summed E-state index contributed by atoms with van der Waals surface area (Å²) in [5.74, 6) is 0. The molecule has 0 aromatic rings. The van der Waals surface area contributed by atoms with Crippen LogP contribution in [0.25, 0.3) is 0 Å². The average molecular weight is 225 g/mol. The Morgan fingerprint density at radius 2 is 1.43 bits per heavy atom. The van der Waals surface area contributed by atoms with E-state index in [1.54, 1.807) is 0 Å². The molecule has 0 saturated carbocycles. The molecule has 0 aromatic heterocycles. The predicted molar refractivity (Wildman–Crippen MR) is 65.5 cm³/mol. The lowest BCUT2D eigenvalue weighted by molar-refractivity contribution is -0.849. The first-order chi connectivity index (χ1) is 5.48. The van der Waals surface area contributed by atoms with Gasteiger partial charge in [0.05, 0.1) is 28.2 Å². The van der Waals surface area contributed by atoms with Crippen molar-refractivity contribution in [3.8, 4) is 0 Å². The van der Waals surface area contributed by atoms with Crippen LogP contribution in [-0.4, -0.2) is 56.9 Å². The average Bonchev–Trinajstić information content (AvgIpc) is 1.80. The van der Waals surface area contributed by atoms with Crippen LogP contribution < -0.4 is 5.73 Å². The molecule has 0 aliphatic rings. The molecule has 0 aliphatic heterocycles. The molecule has 1 unspecified atom stereocenters. The van der Waals surface area contributed by atoms with Gasteiger partial charge in [-0.15, -0.1) is 0 Å². The van der Waals surface area contributed by atoms with Gasteiger partial charge in [0.25, 0.3) is 0 Å². The molecule has 5 heteroatoms. The highest BCUT2D eigenvalue weighted by molar-refractivity contribution is 6.71. The van der Waals surface area contributed by atoms with Gasteiger partial charge in [-0.1, -0.05) is 6.92 Å². The van der Waals surface area contributed by atoms with Crippen molar-refractivity contribution in [2.45, 2.75) is 32.1 Å². The van der Waals surface area contributed by atoms with Crippen molar-refractivity contribution in [2.24, 2.45) is 5.73 Å². The highest BCUT2D eigenvalue weighted by Gasteiger charge is 2.24. The topological polar surface area (TPSA) is 77.8 Å². The number of quaternary nitrogens is 1. The number of hydrogen-bond donors (Lipinski definition) is 2. The summed E-state index contributed by atoms with van der Waals surface area (Å²) in [6.07, 6.45) is 0.885. The van der Waals surface area contributed by atoms with Crippen molar-refractivity contribution in [2.75, 3.05) is 28.2 Å². The molecule has 0 fully saturated rings. The Hall–Kier alpha value is 0.0569. The zero-order valence-electron chi connectivity index (χ0n) is 10.8. The third-order valence-electron chi connectivity index (χ3n) is 1.35. The van der Waals surface area contributed by atoms with Gasteiger partial charge in [0.1, 0.15) is 0 Å². The minimum atomic E-state index is -1.98. The number of hydrogen-bond acceptors (Lipinski definition) is 2. The minimum Gasteiger partial charge on any atom is -0.431 e. The standard InChI is InChI=1S/C5H15NOSi.C4H12N.H2O/c1-4-5(6)8(2,3)7;1-5(2,3)4;/h5,7H,4,6H2,1-3H3;1-4H3;1H2/q;+1;. The van der Waals surface area contributed by atoms with Crippen LogP contribution in [0.2, 0.25) is 13.1 Å². The van der Waals surface area contributed by atoms with Crippen molar-refractivity contribution in [3.05, 3.63) is 0 Å². The molecule has 4 nitrogen and oxygen atoms in total. The Morgan fingerprint density at radius 3 is 1.43 bits per heavy atom. The largest absolute Gasteiger partial charge is 0.431 e. The molecular weight excluding hydrogens is 196 g/mol. The molecule has 1 atom stereocenters. The van der Waals surface area contributed by atoms with E-state index < -0.39 is 8.32 Å². The first kappa shape index (κ1) is 19.6. The fourth-order valence-corrected chi connectivity index (χ4v) is 1.50. The molecule has 0 aromatic carbocycles. The first-order valence-corrected chi connectivity index (χ1v) is 7.77. The predicted octanol–water partition coefficient (Wildman–Crippen LogP) is -0.0420. The van der Waals surface area contributed by atoms with Gasteiger partial charge >= 0.3 is 0 Å². The van der Waals surface area contributed by atoms with Crippen LogP contribution in [-0.2, 0) is 0 Å². The molecule has 0 radical (unpaired) electrons. The maximum atomic E-state index is 9.30. The summed E-state index contributed by atoms with van der Waals surface area (Å²) in [7, 11) is 6.52. The molecule has 0 spiro atoms. The van der Waals surface area contributed by atoms with E-state index >= 15 is 0 Å². The second-order valence-electron chi connectivity index (χ2n) is 5.35. The summed E-state index contributed by atoms with van der Waals surface area (Å²) >= 11 is 0. The molecule has 5 N–H and O–H groups in total. The van der Waals surface area contributed by atoms with Gasteiger partial charge in [0.2, 0.25) is 0 Å². The van der Waals surface area contributed by atoms with E-state index in [2.05, 4.69) is 28.2 Å². The van der Waals surface area contributed by atoms with Gasteiger partial charge in [0.15, 0.2) is 8.32 Å². The lowest BCUT2D eigenvalue weighted by Crippen LogP contribution is -2.47. The summed E-state index contributed by atoms with van der Waals surface area (Å²) in [6, 6.07) is 0. The van der Waals surface area contributed by atoms with Crippen molar-refractivity contribution in [3.63, 3.8) is 0 Å². The summed E-state index contributed by atoms with van der Waals surface area (Å²) in [5, 5.41) is 0. The Labute approximate surface area is 89.8 Å². The lowest BCUT2D eigenvalue weighted by atomic mass is 10.5. The highest BCUT2D eigenvalue weighted by atomic mass is 28.4. The molecule has 0 rings (SSSR count). The second kappa shape index (κ2) is 7.36. The van der Waals surface area contributed by atoms with Gasteiger partial charge in [-0.3, -0.25) is 0 Å². The van der Waals surface area contributed by atoms with Crippen molar-refractivity contribution < 1.29 is 14.8 Å². The van der Waals surface area contributed by atoms with Crippen molar-refractivity contribution in [1.29, 1.82) is 0 Å². The summed E-state index contributed by atoms with van der Waals surface area (Å²) < 4.78 is 1.00. The molecule has 0 aliphatic carbocycles. The summed E-state index contributed by atoms with van der Waals surface area (Å²) in [5.41, 5.74) is 5.61. The first-order valence-electron chi connectivity index (χ1n) is 4.75. The maximum Gasteiger partial charge on any atom is 0.198 e. The second-order valence-corrected chi connectivity index (χ2v) is 9.40. The van der Waals surface area contributed by atoms with Crippen LogP contribution in [0.4, 0.5) is 0 Å². The number of nitrogens with zero attached hydrogens (tertiary/aromatic N) is 1. The van der Waals surface area contributed by atoms with Crippen molar-refractivity contribution in [1.82, 2.24) is 0 Å². The Morgan fingerprint density at radius 1 is 1.21 bits per heavy atom. The molecular formula is C9H29N2O2Si+. The zero-order valence-corrected chi connectivity index (χ0v) is 11.8. The van der Waals surface area contributed by atoms with Crippen molar-refractivity contribution >= 4 is 8.32 Å². The van der Waals surface area contributed by atoms with Crippen LogP contribution >= 0.6 is 0 Å². The number of nitrogens with two attached hydrogens (primary N) is 1. The van der Waals surface area contributed by atoms with Gasteiger partial charge in [0, 0.05) is 5.67 Å². The van der Waals surface area contributed by atoms with Gasteiger partial charge in [-0.05, 0) is 19.5 Å². The third kappa shape index (κ3) is 22.7. The molecule has 0 heterocycles. The SMILES string of the molecule is CCC(N)[Si](C)(C)O.C[N+](C)(C)C.O. The molecule has 90 valence electrons. The Bertz CT molecular complexity index is 124. The summed E-state index contributed by atoms with van der Waals surface area (Å²) in [4.78, 5) is 9.30. The van der Waals surface area contributed by atoms with Crippen LogP contribution in [0, 0.1) is 0 Å². The molecule has 0 bridgehead atoms. The monoisotopic (exact) mass is 225 g/mol. The van der Waals surface area contributed by atoms with Crippen LogP contribution in [0.15, 0.2) is 0 Å². The van der Waals surface area contributed by atoms with E-state index in [-0.39, 0.29) is 11.1 Å². The van der Waals surface area contributed by atoms with E-state index in [9.17, 15) is 4.80 Å². The lowest BCUT2D eigenvalue weighted by Gasteiger charge is -2.20. The fraction of sp³-hybridized carbons (Fsp3) is 1.00. The highest BCUT2D eigenvalue weighted by Crippen LogP contribution is 2.03. The fourth-order valence-electron chi connectivity index (χ4n) is 0.500. The van der Waals surface area contributed by atoms with Gasteiger partial charge in [-0.2, -0.15) is 0 Å². The number of rotatable bonds is 2. The zero-order chi connectivity index (χ0) is 11.3. The van der Waals surface area contributed by atoms with Gasteiger partial charge in [-0.25, -0.2) is 0 Å². The van der Waals surface area contributed by atoms with E-state index in [1.807, 2.05) is 20.0 Å². The van der Waals surface area contributed by atoms with E-state index in [0.29, 0.717) is 0 Å². The quantitative estimate of drug-likeness (QED) is 0.511. The Balaban J connectivity index is -0.000000177. The Kier molecular flexibility index (Phi) is 10.3. The van der Waals surface area contributed by atoms with E-state index in [0.717, 1.165) is 10.9 Å².